The zero-order chi connectivity index (χ0) is 30.8. The Morgan fingerprint density at radius 3 is 2.49 bits per heavy atom. The molecule has 0 spiro atoms. The summed E-state index contributed by atoms with van der Waals surface area (Å²) in [6.07, 6.45) is 4.81. The average molecular weight is 628 g/mol. The van der Waals surface area contributed by atoms with E-state index in [1.165, 1.54) is 19.8 Å². The van der Waals surface area contributed by atoms with Crippen molar-refractivity contribution in [2.24, 2.45) is 0 Å². The van der Waals surface area contributed by atoms with Crippen LogP contribution in [-0.2, 0) is 39.0 Å². The van der Waals surface area contributed by atoms with Crippen molar-refractivity contribution in [1.82, 2.24) is 19.7 Å². The Morgan fingerprint density at radius 2 is 1.84 bits per heavy atom. The largest absolute Gasteiger partial charge is 0.396 e. The third-order valence-corrected chi connectivity index (χ3v) is 10.8. The Balaban J connectivity index is 1.45. The second kappa shape index (κ2) is 13.3. The number of ether oxygens (including phenoxy) is 4. The van der Waals surface area contributed by atoms with Gasteiger partial charge in [-0.15, -0.1) is 0 Å². The predicted molar refractivity (Wildman–Crippen MR) is 157 cm³/mol. The van der Waals surface area contributed by atoms with E-state index in [4.69, 9.17) is 38.0 Å². The van der Waals surface area contributed by atoms with Crippen molar-refractivity contribution in [2.45, 2.75) is 115 Å². The van der Waals surface area contributed by atoms with Gasteiger partial charge in [0.05, 0.1) is 38.0 Å². The summed E-state index contributed by atoms with van der Waals surface area (Å²) in [4.78, 5) is 9.62. The van der Waals surface area contributed by atoms with Crippen LogP contribution in [0.3, 0.4) is 0 Å². The summed E-state index contributed by atoms with van der Waals surface area (Å²) in [5, 5.41) is 27.1. The maximum absolute atomic E-state index is 13.6. The van der Waals surface area contributed by atoms with Crippen LogP contribution in [0.4, 0.5) is 5.82 Å². The molecule has 2 saturated heterocycles. The number of aryl methyl sites for hydroxylation is 1. The number of nitrogens with one attached hydrogen (secondary N) is 1. The van der Waals surface area contributed by atoms with Crippen LogP contribution in [0.15, 0.2) is 6.20 Å². The molecule has 14 nitrogen and oxygen atoms in total. The van der Waals surface area contributed by atoms with Gasteiger partial charge >= 0.3 is 7.60 Å². The third kappa shape index (κ3) is 6.63. The minimum absolute atomic E-state index is 0.0375. The first kappa shape index (κ1) is 32.6. The molecule has 2 aromatic heterocycles. The van der Waals surface area contributed by atoms with E-state index in [0.717, 1.165) is 24.0 Å². The van der Waals surface area contributed by atoms with Crippen LogP contribution in [0.25, 0.3) is 11.0 Å². The molecular formula is C28H46N5O9P. The van der Waals surface area contributed by atoms with E-state index in [0.29, 0.717) is 30.4 Å². The fourth-order valence-corrected chi connectivity index (χ4v) is 7.70. The molecule has 2 aliphatic heterocycles. The van der Waals surface area contributed by atoms with Crippen molar-refractivity contribution in [3.63, 3.8) is 0 Å². The summed E-state index contributed by atoms with van der Waals surface area (Å²) in [6.45, 7) is 8.18. The highest BCUT2D eigenvalue weighted by molar-refractivity contribution is 7.55. The van der Waals surface area contributed by atoms with Crippen LogP contribution in [0, 0.1) is 0 Å². The van der Waals surface area contributed by atoms with Crippen molar-refractivity contribution < 1.29 is 42.8 Å². The van der Waals surface area contributed by atoms with Crippen LogP contribution in [0.1, 0.15) is 78.8 Å². The Morgan fingerprint density at radius 1 is 1.14 bits per heavy atom. The van der Waals surface area contributed by atoms with Gasteiger partial charge in [0.15, 0.2) is 23.0 Å². The fraction of sp³-hybridized carbons (Fsp3) is 0.821. The Hall–Kier alpha value is -1.74. The molecule has 3 fully saturated rings. The summed E-state index contributed by atoms with van der Waals surface area (Å²) >= 11 is 0. The first-order chi connectivity index (χ1) is 20.6. The van der Waals surface area contributed by atoms with E-state index in [2.05, 4.69) is 10.4 Å². The highest BCUT2D eigenvalue weighted by atomic mass is 31.2. The van der Waals surface area contributed by atoms with Gasteiger partial charge in [-0.1, -0.05) is 12.8 Å². The average Bonchev–Trinajstić information content (AvgIpc) is 3.75. The lowest BCUT2D eigenvalue weighted by molar-refractivity contribution is -0.206. The first-order valence-electron chi connectivity index (χ1n) is 15.3. The molecule has 5 atom stereocenters. The number of nitrogens with zero attached hydrogens (tertiary/aromatic N) is 4. The van der Waals surface area contributed by atoms with Crippen LogP contribution in [0.2, 0.25) is 0 Å². The van der Waals surface area contributed by atoms with Crippen LogP contribution in [0.5, 0.6) is 0 Å². The lowest BCUT2D eigenvalue weighted by atomic mass is 10.1. The highest BCUT2D eigenvalue weighted by Crippen LogP contribution is 2.60. The van der Waals surface area contributed by atoms with Gasteiger partial charge in [-0.05, 0) is 53.9 Å². The lowest BCUT2D eigenvalue weighted by Gasteiger charge is -2.35. The molecule has 3 N–H and O–H groups in total. The summed E-state index contributed by atoms with van der Waals surface area (Å²) < 4.78 is 51.4. The van der Waals surface area contributed by atoms with Gasteiger partial charge in [0.25, 0.3) is 0 Å². The maximum atomic E-state index is 13.6. The van der Waals surface area contributed by atoms with E-state index in [1.807, 2.05) is 13.8 Å². The second-order valence-corrected chi connectivity index (χ2v) is 14.3. The van der Waals surface area contributed by atoms with Crippen molar-refractivity contribution >= 4 is 24.4 Å². The Labute approximate surface area is 252 Å². The molecule has 3 aliphatic rings. The predicted octanol–water partition coefficient (Wildman–Crippen LogP) is 3.51. The van der Waals surface area contributed by atoms with E-state index >= 15 is 0 Å². The molecule has 1 unspecified atom stereocenters. The molecule has 1 saturated carbocycles. The zero-order valence-electron chi connectivity index (χ0n) is 25.7. The number of hydrogen-bond acceptors (Lipinski definition) is 13. The molecule has 5 rings (SSSR count). The first-order valence-corrected chi connectivity index (χ1v) is 16.9. The van der Waals surface area contributed by atoms with E-state index < -0.39 is 49.9 Å². The molecular weight excluding hydrogens is 581 g/mol. The molecule has 0 radical (unpaired) electrons. The Bertz CT molecular complexity index is 1280. The molecule has 242 valence electrons. The quantitative estimate of drug-likeness (QED) is 0.246. The number of rotatable bonds is 15. The number of fused-ring (bicyclic) bond motifs is 2. The number of aromatic nitrogens is 4. The molecule has 0 aromatic carbocycles. The standard InChI is InChI=1S/C28H46N5O9P/c1-6-38-43(36,39-7-2)28(5,17-35)37-16-20-22-23(42-27(3,4)41-22)26(40-20)33-25-19(15-29-33)24(30-18-11-8-9-12-18)31-21(32-25)13-10-14-34/h15,18,20,22-23,26,34-35H,6-14,16-17H2,1-5H3,(H,30,31,32)/t20-,22-,23-,26-,28?/m1/s1. The van der Waals surface area contributed by atoms with Crippen LogP contribution < -0.4 is 5.32 Å². The van der Waals surface area contributed by atoms with Gasteiger partial charge in [0.1, 0.15) is 30.0 Å². The SMILES string of the molecule is CCOP(=O)(OCC)C(C)(CO)OC[C@H]1O[C@@H](n2ncc3c(NC4CCCC4)nc(CCCO)nc32)[C@@H]2OC(C)(C)O[C@@H]21. The summed E-state index contributed by atoms with van der Waals surface area (Å²) in [6, 6.07) is 0.332. The molecule has 43 heavy (non-hydrogen) atoms. The summed E-state index contributed by atoms with van der Waals surface area (Å²) in [5.41, 5.74) is 0.583. The van der Waals surface area contributed by atoms with Crippen LogP contribution >= 0.6 is 7.60 Å². The van der Waals surface area contributed by atoms with Crippen molar-refractivity contribution in [3.8, 4) is 0 Å². The van der Waals surface area contributed by atoms with Gasteiger partial charge in [-0.2, -0.15) is 5.10 Å². The van der Waals surface area contributed by atoms with Gasteiger partial charge in [-0.25, -0.2) is 14.6 Å². The van der Waals surface area contributed by atoms with Crippen molar-refractivity contribution in [3.05, 3.63) is 12.0 Å². The maximum Gasteiger partial charge on any atom is 0.364 e. The molecule has 15 heteroatoms. The zero-order valence-corrected chi connectivity index (χ0v) is 26.6. The van der Waals surface area contributed by atoms with Gasteiger partial charge in [-0.3, -0.25) is 4.57 Å². The molecule has 4 heterocycles. The van der Waals surface area contributed by atoms with E-state index in [1.54, 1.807) is 24.7 Å². The minimum atomic E-state index is -3.84. The number of aliphatic hydroxyl groups excluding tert-OH is 2. The Kier molecular flexibility index (Phi) is 10.1. The normalized spacial score (nSPS) is 27.1. The highest BCUT2D eigenvalue weighted by Gasteiger charge is 2.58. The number of hydrogen-bond donors (Lipinski definition) is 3. The second-order valence-electron chi connectivity index (χ2n) is 11.9. The molecule has 0 amide bonds. The lowest BCUT2D eigenvalue weighted by Crippen LogP contribution is -2.40. The van der Waals surface area contributed by atoms with Gasteiger partial charge in [0.2, 0.25) is 0 Å². The van der Waals surface area contributed by atoms with Crippen molar-refractivity contribution in [1.29, 1.82) is 0 Å². The minimum Gasteiger partial charge on any atom is -0.396 e. The smallest absolute Gasteiger partial charge is 0.364 e. The monoisotopic (exact) mass is 627 g/mol. The number of aliphatic hydroxyl groups is 2. The van der Waals surface area contributed by atoms with Crippen LogP contribution in [-0.4, -0.2) is 98.5 Å². The van der Waals surface area contributed by atoms with Crippen molar-refractivity contribution in [2.75, 3.05) is 38.4 Å². The van der Waals surface area contributed by atoms with Gasteiger partial charge < -0.3 is 43.5 Å². The molecule has 1 aliphatic carbocycles. The molecule has 0 bridgehead atoms. The van der Waals surface area contributed by atoms with E-state index in [9.17, 15) is 14.8 Å². The molecule has 2 aromatic rings. The summed E-state index contributed by atoms with van der Waals surface area (Å²) in [5.74, 6) is 0.417. The van der Waals surface area contributed by atoms with E-state index in [-0.39, 0.29) is 26.4 Å². The number of anilines is 1. The van der Waals surface area contributed by atoms with Gasteiger partial charge in [0, 0.05) is 19.1 Å². The topological polar surface area (TPSA) is 169 Å². The fourth-order valence-electron chi connectivity index (χ4n) is 5.99. The summed E-state index contributed by atoms with van der Waals surface area (Å²) in [7, 11) is -3.84. The third-order valence-electron chi connectivity index (χ3n) is 8.15.